The predicted molar refractivity (Wildman–Crippen MR) is 117 cm³/mol. The van der Waals surface area contributed by atoms with E-state index in [2.05, 4.69) is 16.1 Å². The zero-order valence-electron chi connectivity index (χ0n) is 19.7. The van der Waals surface area contributed by atoms with Crippen molar-refractivity contribution in [3.05, 3.63) is 12.2 Å². The molecule has 0 heterocycles. The van der Waals surface area contributed by atoms with Crippen LogP contribution in [0.1, 0.15) is 6.92 Å². The fourth-order valence-corrected chi connectivity index (χ4v) is 2.49. The number of nitrogens with zero attached hydrogens (tertiary/aromatic N) is 3. The first-order chi connectivity index (χ1) is 16.7. The van der Waals surface area contributed by atoms with Gasteiger partial charge in [-0.1, -0.05) is 12.2 Å². The molecule has 0 aromatic heterocycles. The van der Waals surface area contributed by atoms with Crippen molar-refractivity contribution in [2.75, 3.05) is 79.1 Å². The number of carbonyl (C=O) groups excluding carboxylic acids is 3. The number of hydrogen-bond donors (Lipinski definition) is 2. The molecule has 200 valence electrons. The number of rotatable bonds is 24. The minimum Gasteiger partial charge on any atom is -0.480 e. The van der Waals surface area contributed by atoms with Crippen LogP contribution in [0.2, 0.25) is 0 Å². The molecule has 0 aromatic rings. The van der Waals surface area contributed by atoms with Crippen LogP contribution in [-0.2, 0) is 48.0 Å². The predicted octanol–water partition coefficient (Wildman–Crippen LogP) is -1.61. The van der Waals surface area contributed by atoms with Gasteiger partial charge < -0.3 is 24.4 Å². The summed E-state index contributed by atoms with van der Waals surface area (Å²) in [6.45, 7) is 4.79. The summed E-state index contributed by atoms with van der Waals surface area (Å²) in [7, 11) is 0. The summed E-state index contributed by atoms with van der Waals surface area (Å²) >= 11 is 0. The van der Waals surface area contributed by atoms with Crippen molar-refractivity contribution in [3.8, 4) is 0 Å². The molecule has 2 N–H and O–H groups in total. The van der Waals surface area contributed by atoms with Crippen molar-refractivity contribution in [2.24, 2.45) is 0 Å². The van der Waals surface area contributed by atoms with Crippen LogP contribution in [0.3, 0.4) is 0 Å². The number of carboxylic acids is 2. The molecule has 0 aliphatic heterocycles. The number of hydrogen-bond acceptors (Lipinski definition) is 13. The van der Waals surface area contributed by atoms with E-state index in [1.54, 1.807) is 6.92 Å². The van der Waals surface area contributed by atoms with Gasteiger partial charge in [0, 0.05) is 26.2 Å². The Morgan fingerprint density at radius 1 is 0.771 bits per heavy atom. The number of carboxylic acid groups (broad SMARTS) is 2. The van der Waals surface area contributed by atoms with E-state index in [4.69, 9.17) is 19.6 Å². The number of carbonyl (C=O) groups is 5. The Bertz CT molecular complexity index is 664. The van der Waals surface area contributed by atoms with Gasteiger partial charge in [0.05, 0.1) is 19.6 Å². The van der Waals surface area contributed by atoms with Crippen molar-refractivity contribution >= 4 is 30.9 Å². The molecule has 0 rings (SSSR count). The Labute approximate surface area is 202 Å². The summed E-state index contributed by atoms with van der Waals surface area (Å²) in [6, 6.07) is 0. The van der Waals surface area contributed by atoms with Crippen LogP contribution in [0.5, 0.6) is 0 Å². The molecule has 0 saturated heterocycles. The zero-order chi connectivity index (χ0) is 26.5. The Morgan fingerprint density at radius 3 is 1.80 bits per heavy atom. The second kappa shape index (κ2) is 20.3. The highest BCUT2D eigenvalue weighted by Crippen LogP contribution is 1.98. The highest BCUT2D eigenvalue weighted by Gasteiger charge is 2.18. The van der Waals surface area contributed by atoms with E-state index in [0.717, 1.165) is 5.57 Å². The summed E-state index contributed by atoms with van der Waals surface area (Å²) in [5.41, 5.74) is 0.750. The number of esters is 1. The van der Waals surface area contributed by atoms with Crippen molar-refractivity contribution in [3.63, 3.8) is 0 Å². The lowest BCUT2D eigenvalue weighted by molar-refractivity contribution is -0.291. The van der Waals surface area contributed by atoms with Gasteiger partial charge in [-0.15, -0.1) is 0 Å². The van der Waals surface area contributed by atoms with Gasteiger partial charge in [-0.05, 0) is 6.92 Å². The third-order valence-corrected chi connectivity index (χ3v) is 4.00. The van der Waals surface area contributed by atoms with Gasteiger partial charge in [-0.25, -0.2) is 14.7 Å². The SMILES string of the molecule is C=C(C)COOCCOC(=O)CN(CCN(CCN(COC=O)COC=O)CC(=O)O)CC(=O)O. The average Bonchev–Trinajstić information content (AvgIpc) is 2.77. The first-order valence-electron chi connectivity index (χ1n) is 10.4. The summed E-state index contributed by atoms with van der Waals surface area (Å²) < 4.78 is 14.2. The first kappa shape index (κ1) is 31.9. The third kappa shape index (κ3) is 20.0. The van der Waals surface area contributed by atoms with Crippen LogP contribution >= 0.6 is 0 Å². The normalized spacial score (nSPS) is 10.9. The van der Waals surface area contributed by atoms with Gasteiger partial charge in [0.25, 0.3) is 12.9 Å². The molecule has 0 amide bonds. The largest absolute Gasteiger partial charge is 0.480 e. The van der Waals surface area contributed by atoms with Gasteiger partial charge in [0.2, 0.25) is 0 Å². The quantitative estimate of drug-likeness (QED) is 0.0222. The van der Waals surface area contributed by atoms with E-state index in [9.17, 15) is 29.1 Å². The number of aliphatic carboxylic acids is 2. The van der Waals surface area contributed by atoms with E-state index in [0.29, 0.717) is 0 Å². The first-order valence-corrected chi connectivity index (χ1v) is 10.4. The smallest absolute Gasteiger partial charge is 0.320 e. The van der Waals surface area contributed by atoms with Gasteiger partial charge in [-0.3, -0.25) is 33.8 Å². The zero-order valence-corrected chi connectivity index (χ0v) is 19.7. The maximum atomic E-state index is 12.0. The highest BCUT2D eigenvalue weighted by molar-refractivity contribution is 5.74. The second-order valence-electron chi connectivity index (χ2n) is 7.21. The standard InChI is InChI=1S/C20H33N3O12/c1-17(2)12-35-34-8-7-33-20(30)11-22(10-19(28)29)5-3-21(9-18(26)27)4-6-23(13-31-15-24)14-32-16-25/h15-16H,1,3-14H2,2H3,(H,26,27)(H,28,29). The molecular weight excluding hydrogens is 474 g/mol. The van der Waals surface area contributed by atoms with Crippen LogP contribution < -0.4 is 0 Å². The third-order valence-electron chi connectivity index (χ3n) is 4.00. The van der Waals surface area contributed by atoms with Crippen molar-refractivity contribution < 1.29 is 58.2 Å². The minimum atomic E-state index is -1.18. The fraction of sp³-hybridized carbons (Fsp3) is 0.650. The van der Waals surface area contributed by atoms with E-state index in [1.165, 1.54) is 14.7 Å². The van der Waals surface area contributed by atoms with Gasteiger partial charge in [-0.2, -0.15) is 0 Å². The lowest BCUT2D eigenvalue weighted by Gasteiger charge is -2.27. The van der Waals surface area contributed by atoms with Gasteiger partial charge >= 0.3 is 17.9 Å². The molecule has 35 heavy (non-hydrogen) atoms. The fourth-order valence-electron chi connectivity index (χ4n) is 2.49. The molecule has 0 aliphatic rings. The van der Waals surface area contributed by atoms with E-state index < -0.39 is 24.5 Å². The molecule has 0 bridgehead atoms. The maximum absolute atomic E-state index is 12.0. The Balaban J connectivity index is 4.74. The Morgan fingerprint density at radius 2 is 1.29 bits per heavy atom. The summed E-state index contributed by atoms with van der Waals surface area (Å²) in [5, 5.41) is 18.3. The molecule has 0 aromatic carbocycles. The van der Waals surface area contributed by atoms with E-state index in [1.807, 2.05) is 0 Å². The molecule has 0 unspecified atom stereocenters. The van der Waals surface area contributed by atoms with E-state index >= 15 is 0 Å². The molecule has 15 nitrogen and oxygen atoms in total. The van der Waals surface area contributed by atoms with Gasteiger partial charge in [0.1, 0.15) is 33.3 Å². The number of ether oxygens (including phenoxy) is 3. The lowest BCUT2D eigenvalue weighted by Crippen LogP contribution is -2.44. The highest BCUT2D eigenvalue weighted by atomic mass is 17.2. The molecule has 0 saturated carbocycles. The maximum Gasteiger partial charge on any atom is 0.320 e. The molecule has 0 radical (unpaired) electrons. The summed E-state index contributed by atoms with van der Waals surface area (Å²) in [5.74, 6) is -2.99. The molecule has 0 atom stereocenters. The van der Waals surface area contributed by atoms with Gasteiger partial charge in [0.15, 0.2) is 0 Å². The molecule has 0 aliphatic carbocycles. The van der Waals surface area contributed by atoms with Crippen molar-refractivity contribution in [1.82, 2.24) is 14.7 Å². The lowest BCUT2D eigenvalue weighted by atomic mass is 10.3. The Hall–Kier alpha value is -3.11. The van der Waals surface area contributed by atoms with Crippen LogP contribution in [0, 0.1) is 0 Å². The molecule has 0 spiro atoms. The monoisotopic (exact) mass is 507 g/mol. The Kier molecular flexibility index (Phi) is 18.5. The summed E-state index contributed by atoms with van der Waals surface area (Å²) in [6.07, 6.45) is 0. The van der Waals surface area contributed by atoms with Crippen LogP contribution in [0.25, 0.3) is 0 Å². The second-order valence-corrected chi connectivity index (χ2v) is 7.21. The average molecular weight is 507 g/mol. The minimum absolute atomic E-state index is 0.0253. The van der Waals surface area contributed by atoms with Crippen LogP contribution in [0.4, 0.5) is 0 Å². The van der Waals surface area contributed by atoms with Crippen LogP contribution in [0.15, 0.2) is 12.2 Å². The molecule has 15 heteroatoms. The molecular formula is C20H33N3O12. The summed E-state index contributed by atoms with van der Waals surface area (Å²) in [4.78, 5) is 69.1. The van der Waals surface area contributed by atoms with Crippen LogP contribution in [-0.4, -0.2) is 135 Å². The van der Waals surface area contributed by atoms with E-state index in [-0.39, 0.29) is 85.5 Å². The molecule has 0 fully saturated rings. The van der Waals surface area contributed by atoms with Crippen molar-refractivity contribution in [2.45, 2.75) is 6.92 Å². The topological polar surface area (TPSA) is 182 Å². The van der Waals surface area contributed by atoms with Crippen molar-refractivity contribution in [1.29, 1.82) is 0 Å².